The normalized spacial score (nSPS) is 33.0. The molecule has 0 heterocycles. The highest BCUT2D eigenvalue weighted by Crippen LogP contribution is 2.44. The van der Waals surface area contributed by atoms with E-state index in [1.807, 2.05) is 0 Å². The maximum atomic E-state index is 11.8. The minimum atomic E-state index is 0.256. The third-order valence-corrected chi connectivity index (χ3v) is 4.21. The van der Waals surface area contributed by atoms with Crippen molar-refractivity contribution in [2.75, 3.05) is 6.54 Å². The van der Waals surface area contributed by atoms with E-state index in [0.29, 0.717) is 17.8 Å². The van der Waals surface area contributed by atoms with Crippen LogP contribution in [0.3, 0.4) is 0 Å². The second kappa shape index (κ2) is 5.03. The number of amides is 1. The standard InChI is InChI=1S/C14H23NO/c1-3-10(2)9-15-14(16)8-13-7-11-4-5-12(13)6-11/h4-5,10-13H,3,6-9H2,1-2H3,(H,15,16). The molecule has 0 aromatic heterocycles. The summed E-state index contributed by atoms with van der Waals surface area (Å²) >= 11 is 0. The van der Waals surface area contributed by atoms with E-state index in [2.05, 4.69) is 31.3 Å². The first-order valence-corrected chi connectivity index (χ1v) is 6.64. The van der Waals surface area contributed by atoms with Crippen LogP contribution in [-0.2, 0) is 4.79 Å². The molecule has 0 radical (unpaired) electrons. The Labute approximate surface area is 98.5 Å². The minimum Gasteiger partial charge on any atom is -0.356 e. The molecular formula is C14H23NO. The van der Waals surface area contributed by atoms with Crippen LogP contribution in [0.2, 0.25) is 0 Å². The van der Waals surface area contributed by atoms with Crippen molar-refractivity contribution in [2.24, 2.45) is 23.7 Å². The molecule has 4 atom stereocenters. The zero-order chi connectivity index (χ0) is 11.5. The molecule has 0 spiro atoms. The molecule has 16 heavy (non-hydrogen) atoms. The zero-order valence-electron chi connectivity index (χ0n) is 10.4. The van der Waals surface area contributed by atoms with E-state index >= 15 is 0 Å². The van der Waals surface area contributed by atoms with Crippen LogP contribution in [0.15, 0.2) is 12.2 Å². The molecule has 2 rings (SSSR count). The third kappa shape index (κ3) is 2.66. The Morgan fingerprint density at radius 2 is 2.25 bits per heavy atom. The summed E-state index contributed by atoms with van der Waals surface area (Å²) in [5.74, 6) is 2.94. The molecule has 4 unspecified atom stereocenters. The molecule has 1 fully saturated rings. The van der Waals surface area contributed by atoms with Crippen molar-refractivity contribution in [2.45, 2.75) is 39.5 Å². The summed E-state index contributed by atoms with van der Waals surface area (Å²) in [6.07, 6.45) is 9.05. The van der Waals surface area contributed by atoms with Gasteiger partial charge >= 0.3 is 0 Å². The van der Waals surface area contributed by atoms with Gasteiger partial charge in [-0.3, -0.25) is 4.79 Å². The highest BCUT2D eigenvalue weighted by molar-refractivity contribution is 5.76. The predicted molar refractivity (Wildman–Crippen MR) is 65.9 cm³/mol. The van der Waals surface area contributed by atoms with Gasteiger partial charge in [-0.1, -0.05) is 32.4 Å². The molecule has 2 aliphatic rings. The average Bonchev–Trinajstić information content (AvgIpc) is 2.87. The lowest BCUT2D eigenvalue weighted by molar-refractivity contribution is -0.122. The number of fused-ring (bicyclic) bond motifs is 2. The highest BCUT2D eigenvalue weighted by Gasteiger charge is 2.36. The van der Waals surface area contributed by atoms with Crippen LogP contribution in [0.25, 0.3) is 0 Å². The van der Waals surface area contributed by atoms with Crippen molar-refractivity contribution in [3.63, 3.8) is 0 Å². The second-order valence-corrected chi connectivity index (χ2v) is 5.56. The van der Waals surface area contributed by atoms with Crippen LogP contribution < -0.4 is 5.32 Å². The van der Waals surface area contributed by atoms with E-state index in [1.54, 1.807) is 0 Å². The van der Waals surface area contributed by atoms with E-state index in [9.17, 15) is 4.79 Å². The van der Waals surface area contributed by atoms with Crippen LogP contribution >= 0.6 is 0 Å². The first kappa shape index (κ1) is 11.7. The van der Waals surface area contributed by atoms with Crippen molar-refractivity contribution in [1.82, 2.24) is 5.32 Å². The SMILES string of the molecule is CCC(C)CNC(=O)CC1CC2C=CC1C2. The van der Waals surface area contributed by atoms with Gasteiger partial charge in [0.1, 0.15) is 0 Å². The molecule has 1 amide bonds. The fourth-order valence-corrected chi connectivity index (χ4v) is 2.87. The van der Waals surface area contributed by atoms with Gasteiger partial charge in [0.2, 0.25) is 5.91 Å². The zero-order valence-corrected chi connectivity index (χ0v) is 10.4. The van der Waals surface area contributed by atoms with Gasteiger partial charge in [-0.05, 0) is 36.5 Å². The van der Waals surface area contributed by atoms with Gasteiger partial charge in [0.15, 0.2) is 0 Å². The fraction of sp³-hybridized carbons (Fsp3) is 0.786. The molecule has 90 valence electrons. The van der Waals surface area contributed by atoms with Crippen LogP contribution in [0.1, 0.15) is 39.5 Å². The predicted octanol–water partition coefficient (Wildman–Crippen LogP) is 2.75. The van der Waals surface area contributed by atoms with E-state index < -0.39 is 0 Å². The Bertz CT molecular complexity index is 284. The van der Waals surface area contributed by atoms with Gasteiger partial charge in [-0.15, -0.1) is 0 Å². The monoisotopic (exact) mass is 221 g/mol. The molecule has 0 aliphatic heterocycles. The topological polar surface area (TPSA) is 29.1 Å². The first-order valence-electron chi connectivity index (χ1n) is 6.64. The Hall–Kier alpha value is -0.790. The quantitative estimate of drug-likeness (QED) is 0.711. The number of hydrogen-bond acceptors (Lipinski definition) is 1. The maximum Gasteiger partial charge on any atom is 0.220 e. The Morgan fingerprint density at radius 1 is 1.44 bits per heavy atom. The lowest BCUT2D eigenvalue weighted by Gasteiger charge is -2.18. The van der Waals surface area contributed by atoms with E-state index in [1.165, 1.54) is 12.8 Å². The van der Waals surface area contributed by atoms with Crippen molar-refractivity contribution in [1.29, 1.82) is 0 Å². The lowest BCUT2D eigenvalue weighted by Crippen LogP contribution is -2.30. The van der Waals surface area contributed by atoms with Gasteiger partial charge < -0.3 is 5.32 Å². The summed E-state index contributed by atoms with van der Waals surface area (Å²) in [4.78, 5) is 11.8. The van der Waals surface area contributed by atoms with Crippen LogP contribution in [0.4, 0.5) is 0 Å². The van der Waals surface area contributed by atoms with Gasteiger partial charge in [0.25, 0.3) is 0 Å². The average molecular weight is 221 g/mol. The maximum absolute atomic E-state index is 11.8. The number of carbonyl (C=O) groups excluding carboxylic acids is 1. The number of carbonyl (C=O) groups is 1. The first-order chi connectivity index (χ1) is 7.69. The van der Waals surface area contributed by atoms with Gasteiger partial charge in [0, 0.05) is 13.0 Å². The molecule has 0 aromatic carbocycles. The molecule has 1 N–H and O–H groups in total. The molecule has 0 saturated heterocycles. The molecule has 2 bridgehead atoms. The second-order valence-electron chi connectivity index (χ2n) is 5.56. The number of rotatable bonds is 5. The Balaban J connectivity index is 1.70. The molecule has 1 saturated carbocycles. The molecule has 0 aromatic rings. The molecule has 2 nitrogen and oxygen atoms in total. The summed E-state index contributed by atoms with van der Waals surface area (Å²) in [5.41, 5.74) is 0. The molecule has 2 heteroatoms. The van der Waals surface area contributed by atoms with Gasteiger partial charge in [0.05, 0.1) is 0 Å². The van der Waals surface area contributed by atoms with Crippen molar-refractivity contribution in [3.05, 3.63) is 12.2 Å². The Kier molecular flexibility index (Phi) is 3.67. The number of hydrogen-bond donors (Lipinski definition) is 1. The largest absolute Gasteiger partial charge is 0.356 e. The minimum absolute atomic E-state index is 0.256. The molecular weight excluding hydrogens is 198 g/mol. The lowest BCUT2D eigenvalue weighted by atomic mass is 9.90. The van der Waals surface area contributed by atoms with E-state index in [4.69, 9.17) is 0 Å². The summed E-state index contributed by atoms with van der Waals surface area (Å²) in [7, 11) is 0. The number of nitrogens with one attached hydrogen (secondary N) is 1. The van der Waals surface area contributed by atoms with Crippen molar-refractivity contribution in [3.8, 4) is 0 Å². The van der Waals surface area contributed by atoms with Crippen LogP contribution in [0.5, 0.6) is 0 Å². The summed E-state index contributed by atoms with van der Waals surface area (Å²) in [6, 6.07) is 0. The third-order valence-electron chi connectivity index (χ3n) is 4.21. The highest BCUT2D eigenvalue weighted by atomic mass is 16.1. The summed E-state index contributed by atoms with van der Waals surface area (Å²) in [6.45, 7) is 5.18. The van der Waals surface area contributed by atoms with E-state index in [0.717, 1.165) is 25.3 Å². The van der Waals surface area contributed by atoms with Crippen LogP contribution in [0, 0.1) is 23.7 Å². The Morgan fingerprint density at radius 3 is 2.81 bits per heavy atom. The van der Waals surface area contributed by atoms with E-state index in [-0.39, 0.29) is 5.91 Å². The molecule has 2 aliphatic carbocycles. The van der Waals surface area contributed by atoms with Gasteiger partial charge in [-0.2, -0.15) is 0 Å². The van der Waals surface area contributed by atoms with Crippen molar-refractivity contribution >= 4 is 5.91 Å². The smallest absolute Gasteiger partial charge is 0.220 e. The summed E-state index contributed by atoms with van der Waals surface area (Å²) < 4.78 is 0. The fourth-order valence-electron chi connectivity index (χ4n) is 2.87. The summed E-state index contributed by atoms with van der Waals surface area (Å²) in [5, 5.41) is 3.06. The van der Waals surface area contributed by atoms with Crippen molar-refractivity contribution < 1.29 is 4.79 Å². The van der Waals surface area contributed by atoms with Gasteiger partial charge in [-0.25, -0.2) is 0 Å². The number of allylic oxidation sites excluding steroid dienone is 2. The van der Waals surface area contributed by atoms with Crippen LogP contribution in [-0.4, -0.2) is 12.5 Å².